The fourth-order valence-corrected chi connectivity index (χ4v) is 5.01. The first kappa shape index (κ1) is 25.6. The zero-order valence-corrected chi connectivity index (χ0v) is 20.8. The number of hydrogen-bond acceptors (Lipinski definition) is 6. The van der Waals surface area contributed by atoms with Gasteiger partial charge >= 0.3 is 5.97 Å². The second kappa shape index (κ2) is 12.0. The zero-order valence-electron chi connectivity index (χ0n) is 20.8. The van der Waals surface area contributed by atoms with Crippen LogP contribution in [0.1, 0.15) is 47.8 Å². The number of fused-ring (bicyclic) bond motifs is 1. The summed E-state index contributed by atoms with van der Waals surface area (Å²) in [5.41, 5.74) is 2.70. The highest BCUT2D eigenvalue weighted by atomic mass is 16.4. The number of aliphatic carboxylic acids is 1. The van der Waals surface area contributed by atoms with Crippen LogP contribution >= 0.6 is 0 Å². The third kappa shape index (κ3) is 6.60. The van der Waals surface area contributed by atoms with E-state index < -0.39 is 17.9 Å². The Balaban J connectivity index is 1.33. The fourth-order valence-electron chi connectivity index (χ4n) is 5.01. The molecule has 1 unspecified atom stereocenters. The summed E-state index contributed by atoms with van der Waals surface area (Å²) in [6.07, 6.45) is 4.02. The van der Waals surface area contributed by atoms with Crippen molar-refractivity contribution in [3.8, 4) is 0 Å². The molecule has 1 fully saturated rings. The minimum atomic E-state index is -1.05. The Morgan fingerprint density at radius 3 is 2.72 bits per heavy atom. The van der Waals surface area contributed by atoms with Gasteiger partial charge in [-0.2, -0.15) is 0 Å². The molecule has 36 heavy (non-hydrogen) atoms. The number of piperazine rings is 1. The quantitative estimate of drug-likeness (QED) is 0.490. The second-order valence-corrected chi connectivity index (χ2v) is 9.57. The van der Waals surface area contributed by atoms with Gasteiger partial charge in [0, 0.05) is 56.9 Å². The van der Waals surface area contributed by atoms with E-state index in [2.05, 4.69) is 27.7 Å². The largest absolute Gasteiger partial charge is 0.480 e. The normalized spacial score (nSPS) is 18.6. The summed E-state index contributed by atoms with van der Waals surface area (Å²) in [6.45, 7) is 5.02. The number of carbonyl (C=O) groups is 3. The molecule has 0 bridgehead atoms. The lowest BCUT2D eigenvalue weighted by Gasteiger charge is -2.41. The molecule has 0 saturated carbocycles. The standard InChI is InChI=1S/C27H35N5O4/c1-19(33)32-17-16-31(15-13-24(27(35)36)30-26(34)21-6-3-2-4-7-21)18-23(32)12-11-22-10-9-20-8-5-14-28-25(20)29-22/h2-4,6-7,9-10,23-24H,5,8,11-18H2,1H3,(H,28,29)(H,30,34)(H,35,36)/t23-,24?/m0/s1. The van der Waals surface area contributed by atoms with Crippen molar-refractivity contribution in [1.82, 2.24) is 20.1 Å². The summed E-state index contributed by atoms with van der Waals surface area (Å²) < 4.78 is 0. The van der Waals surface area contributed by atoms with Gasteiger partial charge in [0.05, 0.1) is 0 Å². The molecule has 4 rings (SSSR count). The third-order valence-corrected chi connectivity index (χ3v) is 7.03. The van der Waals surface area contributed by atoms with Crippen LogP contribution in [0, 0.1) is 0 Å². The van der Waals surface area contributed by atoms with E-state index in [0.29, 0.717) is 38.2 Å². The summed E-state index contributed by atoms with van der Waals surface area (Å²) >= 11 is 0. The molecule has 3 heterocycles. The molecular formula is C27H35N5O4. The van der Waals surface area contributed by atoms with Gasteiger partial charge in [-0.05, 0) is 55.9 Å². The number of hydrogen-bond donors (Lipinski definition) is 3. The average molecular weight is 494 g/mol. The topological polar surface area (TPSA) is 115 Å². The Kier molecular flexibility index (Phi) is 8.53. The number of benzene rings is 1. The zero-order chi connectivity index (χ0) is 25.5. The summed E-state index contributed by atoms with van der Waals surface area (Å²) in [7, 11) is 0. The molecule has 0 spiro atoms. The molecule has 192 valence electrons. The number of rotatable bonds is 9. The summed E-state index contributed by atoms with van der Waals surface area (Å²) in [5.74, 6) is -0.414. The van der Waals surface area contributed by atoms with E-state index in [1.807, 2.05) is 4.90 Å². The van der Waals surface area contributed by atoms with E-state index in [0.717, 1.165) is 43.7 Å². The van der Waals surface area contributed by atoms with Gasteiger partial charge in [0.2, 0.25) is 5.91 Å². The van der Waals surface area contributed by atoms with Crippen LogP contribution in [0.5, 0.6) is 0 Å². The lowest BCUT2D eigenvalue weighted by atomic mass is 10.0. The van der Waals surface area contributed by atoms with E-state index in [1.165, 1.54) is 5.56 Å². The number of amides is 2. The monoisotopic (exact) mass is 493 g/mol. The number of aryl methyl sites for hydroxylation is 2. The molecule has 3 N–H and O–H groups in total. The first-order chi connectivity index (χ1) is 17.4. The van der Waals surface area contributed by atoms with Crippen molar-refractivity contribution < 1.29 is 19.5 Å². The van der Waals surface area contributed by atoms with E-state index in [9.17, 15) is 19.5 Å². The van der Waals surface area contributed by atoms with Gasteiger partial charge in [0.25, 0.3) is 5.91 Å². The number of nitrogens with zero attached hydrogens (tertiary/aromatic N) is 3. The molecule has 1 aromatic carbocycles. The molecule has 1 saturated heterocycles. The molecule has 9 nitrogen and oxygen atoms in total. The Morgan fingerprint density at radius 2 is 1.97 bits per heavy atom. The van der Waals surface area contributed by atoms with Crippen molar-refractivity contribution in [3.63, 3.8) is 0 Å². The lowest BCUT2D eigenvalue weighted by molar-refractivity contribution is -0.139. The molecule has 2 atom stereocenters. The number of aromatic nitrogens is 1. The van der Waals surface area contributed by atoms with Crippen LogP contribution in [0.4, 0.5) is 5.82 Å². The van der Waals surface area contributed by atoms with Crippen LogP contribution in [0.15, 0.2) is 42.5 Å². The Bertz CT molecular complexity index is 1080. The molecule has 0 radical (unpaired) electrons. The molecule has 2 aliphatic heterocycles. The van der Waals surface area contributed by atoms with Crippen molar-refractivity contribution in [1.29, 1.82) is 0 Å². The van der Waals surface area contributed by atoms with Crippen molar-refractivity contribution in [2.45, 2.75) is 51.1 Å². The second-order valence-electron chi connectivity index (χ2n) is 9.57. The molecule has 2 amide bonds. The highest BCUT2D eigenvalue weighted by molar-refractivity contribution is 5.96. The van der Waals surface area contributed by atoms with Gasteiger partial charge < -0.3 is 20.6 Å². The van der Waals surface area contributed by atoms with Crippen molar-refractivity contribution in [2.75, 3.05) is 38.0 Å². The van der Waals surface area contributed by atoms with Gasteiger partial charge in [0.15, 0.2) is 0 Å². The van der Waals surface area contributed by atoms with Gasteiger partial charge in [-0.3, -0.25) is 14.5 Å². The average Bonchev–Trinajstić information content (AvgIpc) is 2.89. The van der Waals surface area contributed by atoms with Gasteiger partial charge in [-0.25, -0.2) is 9.78 Å². The number of carboxylic acids is 1. The maximum absolute atomic E-state index is 12.4. The highest BCUT2D eigenvalue weighted by Crippen LogP contribution is 2.22. The molecule has 0 aliphatic carbocycles. The summed E-state index contributed by atoms with van der Waals surface area (Å²) in [4.78, 5) is 45.4. The summed E-state index contributed by atoms with van der Waals surface area (Å²) in [6, 6.07) is 11.9. The highest BCUT2D eigenvalue weighted by Gasteiger charge is 2.30. The first-order valence-corrected chi connectivity index (χ1v) is 12.7. The number of carbonyl (C=O) groups excluding carboxylic acids is 2. The Morgan fingerprint density at radius 1 is 1.17 bits per heavy atom. The van der Waals surface area contributed by atoms with Gasteiger partial charge in [-0.1, -0.05) is 24.3 Å². The minimum Gasteiger partial charge on any atom is -0.480 e. The fraction of sp³-hybridized carbons (Fsp3) is 0.481. The van der Waals surface area contributed by atoms with Crippen LogP contribution < -0.4 is 10.6 Å². The molecule has 1 aromatic heterocycles. The smallest absolute Gasteiger partial charge is 0.326 e. The van der Waals surface area contributed by atoms with Gasteiger partial charge in [0.1, 0.15) is 11.9 Å². The van der Waals surface area contributed by atoms with Crippen molar-refractivity contribution >= 4 is 23.6 Å². The molecule has 9 heteroatoms. The van der Waals surface area contributed by atoms with Crippen LogP contribution in [0.3, 0.4) is 0 Å². The van der Waals surface area contributed by atoms with Crippen LogP contribution in [0.2, 0.25) is 0 Å². The van der Waals surface area contributed by atoms with Crippen LogP contribution in [0.25, 0.3) is 0 Å². The van der Waals surface area contributed by atoms with Gasteiger partial charge in [-0.15, -0.1) is 0 Å². The third-order valence-electron chi connectivity index (χ3n) is 7.03. The first-order valence-electron chi connectivity index (χ1n) is 12.7. The maximum atomic E-state index is 12.4. The van der Waals surface area contributed by atoms with Crippen LogP contribution in [-0.2, 0) is 22.4 Å². The molecule has 2 aromatic rings. The van der Waals surface area contributed by atoms with Crippen LogP contribution in [-0.4, -0.2) is 82.5 Å². The Labute approximate surface area is 211 Å². The van der Waals surface area contributed by atoms with E-state index in [1.54, 1.807) is 37.3 Å². The lowest BCUT2D eigenvalue weighted by Crippen LogP contribution is -2.55. The number of pyridine rings is 1. The summed E-state index contributed by atoms with van der Waals surface area (Å²) in [5, 5.41) is 15.7. The van der Waals surface area contributed by atoms with Crippen molar-refractivity contribution in [3.05, 3.63) is 59.3 Å². The SMILES string of the molecule is CC(=O)N1CCN(CCC(NC(=O)c2ccccc2)C(=O)O)C[C@@H]1CCc1ccc2c(n1)NCCC2. The number of nitrogens with one attached hydrogen (secondary N) is 2. The molecular weight excluding hydrogens is 458 g/mol. The predicted molar refractivity (Wildman–Crippen MR) is 137 cm³/mol. The van der Waals surface area contributed by atoms with E-state index in [-0.39, 0.29) is 11.9 Å². The van der Waals surface area contributed by atoms with E-state index in [4.69, 9.17) is 4.98 Å². The number of carboxylic acid groups (broad SMARTS) is 1. The molecule has 2 aliphatic rings. The minimum absolute atomic E-state index is 0.0317. The predicted octanol–water partition coefficient (Wildman–Crippen LogP) is 2.18. The Hall–Kier alpha value is -3.46. The van der Waals surface area contributed by atoms with E-state index >= 15 is 0 Å². The maximum Gasteiger partial charge on any atom is 0.326 e. The van der Waals surface area contributed by atoms with Crippen molar-refractivity contribution in [2.24, 2.45) is 0 Å². The number of anilines is 1.